The Morgan fingerprint density at radius 1 is 1.32 bits per heavy atom. The van der Waals surface area contributed by atoms with Crippen LogP contribution in [-0.4, -0.2) is 38.9 Å². The van der Waals surface area contributed by atoms with Gasteiger partial charge in [0.1, 0.15) is 12.1 Å². The molecule has 1 fully saturated rings. The van der Waals surface area contributed by atoms with Crippen molar-refractivity contribution in [3.8, 4) is 11.5 Å². The van der Waals surface area contributed by atoms with Gasteiger partial charge in [-0.3, -0.25) is 4.79 Å². The van der Waals surface area contributed by atoms with Crippen molar-refractivity contribution in [2.24, 2.45) is 0 Å². The number of aryl methyl sites for hydroxylation is 1. The zero-order valence-corrected chi connectivity index (χ0v) is 11.4. The average molecular weight is 265 g/mol. The molecule has 2 atom stereocenters. The number of hydrogen-bond donors (Lipinski definition) is 1. The number of nitrogens with one attached hydrogen (secondary N) is 1. The van der Waals surface area contributed by atoms with Crippen LogP contribution in [0.1, 0.15) is 12.0 Å². The van der Waals surface area contributed by atoms with Gasteiger partial charge in [-0.2, -0.15) is 0 Å². The molecule has 0 amide bonds. The number of esters is 1. The summed E-state index contributed by atoms with van der Waals surface area (Å²) in [4.78, 5) is 11.4. The van der Waals surface area contributed by atoms with Gasteiger partial charge in [-0.05, 0) is 24.6 Å². The molecule has 1 aliphatic rings. The molecule has 2 rings (SSSR count). The van der Waals surface area contributed by atoms with E-state index in [-0.39, 0.29) is 18.1 Å². The van der Waals surface area contributed by atoms with E-state index in [1.165, 1.54) is 7.11 Å². The van der Waals surface area contributed by atoms with Gasteiger partial charge in [-0.1, -0.05) is 6.07 Å². The molecule has 19 heavy (non-hydrogen) atoms. The molecule has 1 aliphatic heterocycles. The first-order valence-corrected chi connectivity index (χ1v) is 6.26. The Labute approximate surface area is 112 Å². The second-order valence-corrected chi connectivity index (χ2v) is 4.61. The monoisotopic (exact) mass is 265 g/mol. The van der Waals surface area contributed by atoms with E-state index in [1.54, 1.807) is 7.11 Å². The predicted molar refractivity (Wildman–Crippen MR) is 70.6 cm³/mol. The SMILES string of the molecule is COC(=O)[C@@H]1C[C@@H](Oc2ccc(C)cc2OC)CN1. The van der Waals surface area contributed by atoms with Crippen molar-refractivity contribution in [1.29, 1.82) is 0 Å². The summed E-state index contributed by atoms with van der Waals surface area (Å²) in [7, 11) is 3.01. The van der Waals surface area contributed by atoms with Crippen LogP contribution < -0.4 is 14.8 Å². The third-order valence-corrected chi connectivity index (χ3v) is 3.19. The molecule has 0 bridgehead atoms. The molecule has 1 heterocycles. The number of rotatable bonds is 4. The molecule has 1 aromatic carbocycles. The third kappa shape index (κ3) is 3.17. The van der Waals surface area contributed by atoms with Gasteiger partial charge in [0.2, 0.25) is 0 Å². The summed E-state index contributed by atoms with van der Waals surface area (Å²) < 4.78 is 15.9. The first-order valence-electron chi connectivity index (χ1n) is 6.26. The van der Waals surface area contributed by atoms with E-state index in [0.29, 0.717) is 24.5 Å². The number of carbonyl (C=O) groups is 1. The molecule has 1 saturated heterocycles. The number of carbonyl (C=O) groups excluding carboxylic acids is 1. The molecule has 0 saturated carbocycles. The number of benzene rings is 1. The van der Waals surface area contributed by atoms with Gasteiger partial charge in [-0.25, -0.2) is 0 Å². The topological polar surface area (TPSA) is 56.8 Å². The Morgan fingerprint density at radius 2 is 2.11 bits per heavy atom. The lowest BCUT2D eigenvalue weighted by Crippen LogP contribution is -2.31. The van der Waals surface area contributed by atoms with E-state index >= 15 is 0 Å². The van der Waals surface area contributed by atoms with Gasteiger partial charge in [0.05, 0.1) is 14.2 Å². The summed E-state index contributed by atoms with van der Waals surface area (Å²) in [5.41, 5.74) is 1.11. The Balaban J connectivity index is 2.01. The van der Waals surface area contributed by atoms with Crippen molar-refractivity contribution < 1.29 is 19.0 Å². The van der Waals surface area contributed by atoms with Crippen LogP contribution >= 0.6 is 0 Å². The summed E-state index contributed by atoms with van der Waals surface area (Å²) in [5.74, 6) is 1.16. The van der Waals surface area contributed by atoms with Gasteiger partial charge in [0.25, 0.3) is 0 Å². The van der Waals surface area contributed by atoms with Crippen LogP contribution in [0.5, 0.6) is 11.5 Å². The summed E-state index contributed by atoms with van der Waals surface area (Å²) in [5, 5.41) is 3.09. The van der Waals surface area contributed by atoms with E-state index in [1.807, 2.05) is 25.1 Å². The summed E-state index contributed by atoms with van der Waals surface area (Å²) in [6, 6.07) is 5.50. The fourth-order valence-corrected chi connectivity index (χ4v) is 2.17. The Morgan fingerprint density at radius 3 is 2.79 bits per heavy atom. The molecule has 0 spiro atoms. The fraction of sp³-hybridized carbons (Fsp3) is 0.500. The van der Waals surface area contributed by atoms with E-state index < -0.39 is 0 Å². The molecule has 5 heteroatoms. The smallest absolute Gasteiger partial charge is 0.323 e. The van der Waals surface area contributed by atoms with E-state index in [2.05, 4.69) is 5.32 Å². The molecular formula is C14H19NO4. The maximum atomic E-state index is 11.4. The van der Waals surface area contributed by atoms with Crippen molar-refractivity contribution >= 4 is 5.97 Å². The van der Waals surface area contributed by atoms with Crippen LogP contribution in [0, 0.1) is 6.92 Å². The highest BCUT2D eigenvalue weighted by Crippen LogP contribution is 2.30. The summed E-state index contributed by atoms with van der Waals surface area (Å²) in [6.45, 7) is 2.62. The minimum atomic E-state index is -0.286. The van der Waals surface area contributed by atoms with Gasteiger partial charge in [-0.15, -0.1) is 0 Å². The lowest BCUT2D eigenvalue weighted by Gasteiger charge is -2.16. The van der Waals surface area contributed by atoms with E-state index in [9.17, 15) is 4.79 Å². The van der Waals surface area contributed by atoms with E-state index in [0.717, 1.165) is 5.56 Å². The van der Waals surface area contributed by atoms with Crippen LogP contribution in [0.2, 0.25) is 0 Å². The Hall–Kier alpha value is -1.75. The normalized spacial score (nSPS) is 22.1. The molecule has 0 radical (unpaired) electrons. The second-order valence-electron chi connectivity index (χ2n) is 4.61. The molecule has 1 N–H and O–H groups in total. The first kappa shape index (κ1) is 13.7. The van der Waals surface area contributed by atoms with Gasteiger partial charge >= 0.3 is 5.97 Å². The fourth-order valence-electron chi connectivity index (χ4n) is 2.17. The highest BCUT2D eigenvalue weighted by Gasteiger charge is 2.31. The quantitative estimate of drug-likeness (QED) is 0.831. The second kappa shape index (κ2) is 5.93. The molecule has 0 aromatic heterocycles. The lowest BCUT2D eigenvalue weighted by atomic mass is 10.2. The number of hydrogen-bond acceptors (Lipinski definition) is 5. The minimum Gasteiger partial charge on any atom is -0.493 e. The van der Waals surface area contributed by atoms with Crippen LogP contribution in [0.25, 0.3) is 0 Å². The molecule has 0 unspecified atom stereocenters. The minimum absolute atomic E-state index is 0.0549. The predicted octanol–water partition coefficient (Wildman–Crippen LogP) is 1.29. The highest BCUT2D eigenvalue weighted by molar-refractivity contribution is 5.76. The number of ether oxygens (including phenoxy) is 3. The zero-order chi connectivity index (χ0) is 13.8. The van der Waals surface area contributed by atoms with Gasteiger partial charge in [0, 0.05) is 13.0 Å². The molecule has 1 aromatic rings. The van der Waals surface area contributed by atoms with Crippen LogP contribution in [0.3, 0.4) is 0 Å². The Kier molecular flexibility index (Phi) is 4.27. The highest BCUT2D eigenvalue weighted by atomic mass is 16.5. The van der Waals surface area contributed by atoms with Crippen molar-refractivity contribution in [2.45, 2.75) is 25.5 Å². The maximum Gasteiger partial charge on any atom is 0.323 e. The standard InChI is InChI=1S/C14H19NO4/c1-9-4-5-12(13(6-9)17-2)19-10-7-11(15-8-10)14(16)18-3/h4-6,10-11,15H,7-8H2,1-3H3/t10-,11+/m1/s1. The molecule has 5 nitrogen and oxygen atoms in total. The summed E-state index contributed by atoms with van der Waals surface area (Å²) >= 11 is 0. The van der Waals surface area contributed by atoms with Crippen LogP contribution in [0.15, 0.2) is 18.2 Å². The van der Waals surface area contributed by atoms with Gasteiger partial charge in [0.15, 0.2) is 11.5 Å². The van der Waals surface area contributed by atoms with Crippen LogP contribution in [0.4, 0.5) is 0 Å². The van der Waals surface area contributed by atoms with Crippen molar-refractivity contribution in [3.05, 3.63) is 23.8 Å². The maximum absolute atomic E-state index is 11.4. The van der Waals surface area contributed by atoms with Crippen molar-refractivity contribution in [3.63, 3.8) is 0 Å². The molecule has 104 valence electrons. The first-order chi connectivity index (χ1) is 9.13. The lowest BCUT2D eigenvalue weighted by molar-refractivity contribution is -0.142. The Bertz CT molecular complexity index is 461. The summed E-state index contributed by atoms with van der Waals surface area (Å²) in [6.07, 6.45) is 0.546. The van der Waals surface area contributed by atoms with Gasteiger partial charge < -0.3 is 19.5 Å². The molecule has 0 aliphatic carbocycles. The zero-order valence-electron chi connectivity index (χ0n) is 11.4. The van der Waals surface area contributed by atoms with Crippen molar-refractivity contribution in [1.82, 2.24) is 5.32 Å². The van der Waals surface area contributed by atoms with Crippen LogP contribution in [-0.2, 0) is 9.53 Å². The van der Waals surface area contributed by atoms with Crippen molar-refractivity contribution in [2.75, 3.05) is 20.8 Å². The van der Waals surface area contributed by atoms with E-state index in [4.69, 9.17) is 14.2 Å². The number of methoxy groups -OCH3 is 2. The molecular weight excluding hydrogens is 246 g/mol. The average Bonchev–Trinajstić information content (AvgIpc) is 2.88. The largest absolute Gasteiger partial charge is 0.493 e. The third-order valence-electron chi connectivity index (χ3n) is 3.19.